The summed E-state index contributed by atoms with van der Waals surface area (Å²) in [6.45, 7) is 6.78. The van der Waals surface area contributed by atoms with E-state index >= 15 is 0 Å². The summed E-state index contributed by atoms with van der Waals surface area (Å²) in [4.78, 5) is 14.6. The summed E-state index contributed by atoms with van der Waals surface area (Å²) in [6.07, 6.45) is 0.753. The van der Waals surface area contributed by atoms with Crippen LogP contribution in [0.5, 0.6) is 5.75 Å². The summed E-state index contributed by atoms with van der Waals surface area (Å²) in [5, 5.41) is 2.59. The second kappa shape index (κ2) is 12.1. The molecule has 0 aliphatic rings. The molecule has 0 saturated heterocycles. The first-order valence-corrected chi connectivity index (χ1v) is 7.67. The van der Waals surface area contributed by atoms with Gasteiger partial charge in [0.05, 0.1) is 7.11 Å². The molecular weight excluding hydrogens is 286 g/mol. The van der Waals surface area contributed by atoms with Crippen LogP contribution in [0.25, 0.3) is 10.6 Å². The van der Waals surface area contributed by atoms with Gasteiger partial charge >= 0.3 is 0 Å². The van der Waals surface area contributed by atoms with Gasteiger partial charge in [-0.2, -0.15) is 0 Å². The van der Waals surface area contributed by atoms with Crippen LogP contribution in [-0.2, 0) is 4.74 Å². The molecule has 0 unspecified atom stereocenters. The molecule has 5 heteroatoms. The van der Waals surface area contributed by atoms with Crippen LogP contribution < -0.4 is 4.74 Å². The third kappa shape index (κ3) is 7.02. The molecule has 0 bridgehead atoms. The molecule has 116 valence electrons. The summed E-state index contributed by atoms with van der Waals surface area (Å²) < 4.78 is 9.60. The number of carbonyl (C=O) groups excluding carboxylic acids is 1. The Hall–Kier alpha value is -1.72. The Balaban J connectivity index is 0.000000579. The first-order valence-electron chi connectivity index (χ1n) is 6.79. The molecule has 0 aliphatic heterocycles. The van der Waals surface area contributed by atoms with Gasteiger partial charge in [-0.3, -0.25) is 4.79 Å². The Morgan fingerprint density at radius 3 is 2.14 bits per heavy atom. The minimum absolute atomic E-state index is 0.478. The molecule has 0 radical (unpaired) electrons. The van der Waals surface area contributed by atoms with Crippen molar-refractivity contribution in [2.24, 2.45) is 0 Å². The second-order valence-electron chi connectivity index (χ2n) is 3.50. The van der Waals surface area contributed by atoms with Crippen LogP contribution in [0.1, 0.15) is 31.3 Å². The molecule has 4 nitrogen and oxygen atoms in total. The maximum absolute atomic E-state index is 10.5. The Kier molecular flexibility index (Phi) is 11.1. The van der Waals surface area contributed by atoms with E-state index in [-0.39, 0.29) is 0 Å². The SMILES string of the molecule is CC.CCOC.COc1ccc(-c2nc(C=O)cs2)cc1. The highest BCUT2D eigenvalue weighted by Gasteiger charge is 2.03. The molecule has 0 aliphatic carbocycles. The Labute approximate surface area is 130 Å². The van der Waals surface area contributed by atoms with E-state index in [0.29, 0.717) is 5.69 Å². The van der Waals surface area contributed by atoms with Gasteiger partial charge in [-0.25, -0.2) is 4.98 Å². The second-order valence-corrected chi connectivity index (χ2v) is 4.36. The molecule has 2 rings (SSSR count). The van der Waals surface area contributed by atoms with E-state index in [1.807, 2.05) is 45.0 Å². The maximum Gasteiger partial charge on any atom is 0.169 e. The standard InChI is InChI=1S/C11H9NO2S.C3H8O.C2H6/c1-14-10-4-2-8(3-5-10)11-12-9(6-13)7-15-11;1-3-4-2;1-2/h2-7H,1H3;3H2,1-2H3;1-2H3. The van der Waals surface area contributed by atoms with Crippen molar-refractivity contribution in [1.82, 2.24) is 4.98 Å². The number of thiazole rings is 1. The van der Waals surface area contributed by atoms with Crippen LogP contribution in [-0.4, -0.2) is 32.1 Å². The number of rotatable bonds is 4. The van der Waals surface area contributed by atoms with E-state index in [0.717, 1.165) is 29.2 Å². The topological polar surface area (TPSA) is 48.4 Å². The van der Waals surface area contributed by atoms with Crippen LogP contribution in [0.15, 0.2) is 29.6 Å². The van der Waals surface area contributed by atoms with Gasteiger partial charge < -0.3 is 9.47 Å². The third-order valence-electron chi connectivity index (χ3n) is 2.27. The van der Waals surface area contributed by atoms with E-state index < -0.39 is 0 Å². The highest BCUT2D eigenvalue weighted by atomic mass is 32.1. The van der Waals surface area contributed by atoms with E-state index in [4.69, 9.17) is 4.74 Å². The lowest BCUT2D eigenvalue weighted by molar-refractivity contribution is 0.111. The largest absolute Gasteiger partial charge is 0.497 e. The minimum Gasteiger partial charge on any atom is -0.497 e. The van der Waals surface area contributed by atoms with Crippen molar-refractivity contribution in [3.8, 4) is 16.3 Å². The van der Waals surface area contributed by atoms with E-state index in [9.17, 15) is 4.79 Å². The van der Waals surface area contributed by atoms with Crippen molar-refractivity contribution in [1.29, 1.82) is 0 Å². The molecule has 0 fully saturated rings. The number of hydrogen-bond acceptors (Lipinski definition) is 5. The van der Waals surface area contributed by atoms with E-state index in [1.54, 1.807) is 19.6 Å². The molecule has 21 heavy (non-hydrogen) atoms. The zero-order valence-electron chi connectivity index (χ0n) is 13.3. The average Bonchev–Trinajstić information content (AvgIpc) is 3.06. The Morgan fingerprint density at radius 2 is 1.76 bits per heavy atom. The van der Waals surface area contributed by atoms with Crippen LogP contribution in [0, 0.1) is 0 Å². The molecule has 0 atom stereocenters. The lowest BCUT2D eigenvalue weighted by Gasteiger charge is -1.99. The molecular formula is C16H23NO3S. The van der Waals surface area contributed by atoms with Crippen molar-refractivity contribution in [3.05, 3.63) is 35.3 Å². The normalized spacial score (nSPS) is 8.81. The highest BCUT2D eigenvalue weighted by Crippen LogP contribution is 2.25. The predicted octanol–water partition coefficient (Wildman–Crippen LogP) is 4.31. The van der Waals surface area contributed by atoms with Gasteiger partial charge in [0.2, 0.25) is 0 Å². The summed E-state index contributed by atoms with van der Waals surface area (Å²) in [5.41, 5.74) is 1.47. The van der Waals surface area contributed by atoms with Crippen molar-refractivity contribution in [3.63, 3.8) is 0 Å². The number of aldehydes is 1. The van der Waals surface area contributed by atoms with Gasteiger partial charge in [-0.15, -0.1) is 11.3 Å². The zero-order chi connectivity index (χ0) is 16.1. The van der Waals surface area contributed by atoms with E-state index in [2.05, 4.69) is 9.72 Å². The van der Waals surface area contributed by atoms with Gasteiger partial charge in [-0.05, 0) is 31.2 Å². The quantitative estimate of drug-likeness (QED) is 0.790. The number of nitrogens with zero attached hydrogens (tertiary/aromatic N) is 1. The number of hydrogen-bond donors (Lipinski definition) is 0. The molecule has 0 N–H and O–H groups in total. The number of ether oxygens (including phenoxy) is 2. The lowest BCUT2D eigenvalue weighted by Crippen LogP contribution is -1.83. The lowest BCUT2D eigenvalue weighted by atomic mass is 10.2. The average molecular weight is 309 g/mol. The molecule has 0 saturated carbocycles. The van der Waals surface area contributed by atoms with Crippen LogP contribution in [0.4, 0.5) is 0 Å². The van der Waals surface area contributed by atoms with Gasteiger partial charge in [-0.1, -0.05) is 13.8 Å². The monoisotopic (exact) mass is 309 g/mol. The summed E-state index contributed by atoms with van der Waals surface area (Å²) in [7, 11) is 3.31. The van der Waals surface area contributed by atoms with Gasteiger partial charge in [0.25, 0.3) is 0 Å². The van der Waals surface area contributed by atoms with Crippen molar-refractivity contribution >= 4 is 17.6 Å². The number of methoxy groups -OCH3 is 2. The Bertz CT molecular complexity index is 492. The van der Waals surface area contributed by atoms with Gasteiger partial charge in [0, 0.05) is 24.7 Å². The smallest absolute Gasteiger partial charge is 0.169 e. The summed E-state index contributed by atoms with van der Waals surface area (Å²) >= 11 is 1.46. The molecule has 0 spiro atoms. The van der Waals surface area contributed by atoms with Crippen LogP contribution >= 0.6 is 11.3 Å². The molecule has 1 aromatic carbocycles. The van der Waals surface area contributed by atoms with Crippen LogP contribution in [0.2, 0.25) is 0 Å². The molecule has 1 aromatic heterocycles. The molecule has 2 aromatic rings. The van der Waals surface area contributed by atoms with Gasteiger partial charge in [0.15, 0.2) is 6.29 Å². The van der Waals surface area contributed by atoms with Crippen molar-refractivity contribution < 1.29 is 14.3 Å². The number of benzene rings is 1. The molecule has 1 heterocycles. The first-order chi connectivity index (χ1) is 10.2. The third-order valence-corrected chi connectivity index (χ3v) is 3.18. The predicted molar refractivity (Wildman–Crippen MR) is 88.4 cm³/mol. The Morgan fingerprint density at radius 1 is 1.19 bits per heavy atom. The van der Waals surface area contributed by atoms with Crippen molar-refractivity contribution in [2.75, 3.05) is 20.8 Å². The fourth-order valence-corrected chi connectivity index (χ4v) is 1.98. The number of aromatic nitrogens is 1. The fraction of sp³-hybridized carbons (Fsp3) is 0.375. The fourth-order valence-electron chi connectivity index (χ4n) is 1.21. The van der Waals surface area contributed by atoms with Crippen LogP contribution in [0.3, 0.4) is 0 Å². The zero-order valence-corrected chi connectivity index (χ0v) is 14.1. The minimum atomic E-state index is 0.478. The number of carbonyl (C=O) groups is 1. The van der Waals surface area contributed by atoms with E-state index in [1.165, 1.54) is 11.3 Å². The highest BCUT2D eigenvalue weighted by molar-refractivity contribution is 7.13. The molecule has 0 amide bonds. The summed E-state index contributed by atoms with van der Waals surface area (Å²) in [6, 6.07) is 7.59. The first kappa shape index (κ1) is 19.3. The summed E-state index contributed by atoms with van der Waals surface area (Å²) in [5.74, 6) is 0.811. The van der Waals surface area contributed by atoms with Gasteiger partial charge in [0.1, 0.15) is 16.5 Å². The maximum atomic E-state index is 10.5. The van der Waals surface area contributed by atoms with Crippen molar-refractivity contribution in [2.45, 2.75) is 20.8 Å².